The zero-order valence-corrected chi connectivity index (χ0v) is 13.7. The van der Waals surface area contributed by atoms with Crippen LogP contribution in [0.2, 0.25) is 0 Å². The lowest BCUT2D eigenvalue weighted by Gasteiger charge is -2.27. The lowest BCUT2D eigenvalue weighted by Crippen LogP contribution is -2.41. The summed E-state index contributed by atoms with van der Waals surface area (Å²) in [6.07, 6.45) is 0. The van der Waals surface area contributed by atoms with E-state index >= 15 is 0 Å². The molecular formula is C14H23FN2O3S. The molecule has 0 aliphatic heterocycles. The van der Waals surface area contributed by atoms with Gasteiger partial charge < -0.3 is 10.1 Å². The van der Waals surface area contributed by atoms with Gasteiger partial charge in [0.25, 0.3) is 0 Å². The molecule has 0 heterocycles. The lowest BCUT2D eigenvalue weighted by atomic mass is 10.2. The predicted octanol–water partition coefficient (Wildman–Crippen LogP) is 1.59. The average Bonchev–Trinajstić information content (AvgIpc) is 2.41. The van der Waals surface area contributed by atoms with E-state index in [9.17, 15) is 12.8 Å². The Morgan fingerprint density at radius 1 is 1.43 bits per heavy atom. The number of hydrogen-bond acceptors (Lipinski definition) is 4. The normalized spacial score (nSPS) is 13.6. The minimum atomic E-state index is -3.77. The van der Waals surface area contributed by atoms with E-state index in [0.29, 0.717) is 18.7 Å². The van der Waals surface area contributed by atoms with Gasteiger partial charge in [-0.15, -0.1) is 0 Å². The third-order valence-electron chi connectivity index (χ3n) is 3.19. The molecule has 0 spiro atoms. The molecule has 0 aromatic heterocycles. The van der Waals surface area contributed by atoms with Gasteiger partial charge in [-0.3, -0.25) is 0 Å². The Labute approximate surface area is 126 Å². The first kappa shape index (κ1) is 18.0. The fourth-order valence-electron chi connectivity index (χ4n) is 2.27. The topological polar surface area (TPSA) is 58.6 Å². The Balaban J connectivity index is 3.30. The highest BCUT2D eigenvalue weighted by atomic mass is 32.2. The van der Waals surface area contributed by atoms with E-state index in [-0.39, 0.29) is 17.5 Å². The smallest absolute Gasteiger partial charge is 0.243 e. The number of halogens is 1. The van der Waals surface area contributed by atoms with Gasteiger partial charge in [0.15, 0.2) is 0 Å². The third-order valence-corrected chi connectivity index (χ3v) is 5.37. The summed E-state index contributed by atoms with van der Waals surface area (Å²) in [5.74, 6) is -0.566. The first-order valence-corrected chi connectivity index (χ1v) is 8.26. The summed E-state index contributed by atoms with van der Waals surface area (Å²) >= 11 is 0. The van der Waals surface area contributed by atoms with Crippen LogP contribution in [0.4, 0.5) is 4.39 Å². The molecule has 1 atom stereocenters. The maximum Gasteiger partial charge on any atom is 0.243 e. The second kappa shape index (κ2) is 7.84. The van der Waals surface area contributed by atoms with Crippen LogP contribution in [0.1, 0.15) is 19.4 Å². The standard InChI is InChI=1S/C14H23FN2O3S/c1-5-17(11(2)10-20-4)21(18,19)14-8-13(15)7-6-12(14)9-16-3/h6-8,11,16H,5,9-10H2,1-4H3. The highest BCUT2D eigenvalue weighted by Crippen LogP contribution is 2.23. The first-order chi connectivity index (χ1) is 9.88. The zero-order chi connectivity index (χ0) is 16.0. The number of benzene rings is 1. The number of nitrogens with zero attached hydrogens (tertiary/aromatic N) is 1. The SMILES string of the molecule is CCN(C(C)COC)S(=O)(=O)c1cc(F)ccc1CNC. The lowest BCUT2D eigenvalue weighted by molar-refractivity contribution is 0.142. The molecule has 1 N–H and O–H groups in total. The molecule has 0 amide bonds. The van der Waals surface area contributed by atoms with Gasteiger partial charge in [-0.25, -0.2) is 12.8 Å². The number of nitrogens with one attached hydrogen (secondary N) is 1. The molecule has 1 rings (SSSR count). The van der Waals surface area contributed by atoms with Crippen LogP contribution in [0.15, 0.2) is 23.1 Å². The number of ether oxygens (including phenoxy) is 1. The van der Waals surface area contributed by atoms with Gasteiger partial charge in [0.05, 0.1) is 11.5 Å². The van der Waals surface area contributed by atoms with Crippen molar-refractivity contribution in [1.29, 1.82) is 0 Å². The molecule has 0 radical (unpaired) electrons. The molecule has 1 aromatic rings. The van der Waals surface area contributed by atoms with Gasteiger partial charge in [-0.1, -0.05) is 13.0 Å². The minimum absolute atomic E-state index is 0.00153. The number of methoxy groups -OCH3 is 1. The van der Waals surface area contributed by atoms with Gasteiger partial charge >= 0.3 is 0 Å². The number of sulfonamides is 1. The predicted molar refractivity (Wildman–Crippen MR) is 80.1 cm³/mol. The molecule has 0 bridgehead atoms. The van der Waals surface area contributed by atoms with Gasteiger partial charge in [0, 0.05) is 26.2 Å². The van der Waals surface area contributed by atoms with Crippen molar-refractivity contribution < 1.29 is 17.5 Å². The van der Waals surface area contributed by atoms with Crippen molar-refractivity contribution in [2.45, 2.75) is 31.3 Å². The molecule has 0 aliphatic rings. The van der Waals surface area contributed by atoms with Gasteiger partial charge in [-0.2, -0.15) is 4.31 Å². The van der Waals surface area contributed by atoms with Crippen LogP contribution in [-0.2, 0) is 21.3 Å². The molecule has 21 heavy (non-hydrogen) atoms. The summed E-state index contributed by atoms with van der Waals surface area (Å²) < 4.78 is 45.5. The summed E-state index contributed by atoms with van der Waals surface area (Å²) in [7, 11) is -0.542. The largest absolute Gasteiger partial charge is 0.383 e. The van der Waals surface area contributed by atoms with Crippen LogP contribution in [0.5, 0.6) is 0 Å². The Morgan fingerprint density at radius 3 is 2.62 bits per heavy atom. The van der Waals surface area contributed by atoms with Crippen molar-refractivity contribution >= 4 is 10.0 Å². The Kier molecular flexibility index (Phi) is 6.73. The Morgan fingerprint density at radius 2 is 2.10 bits per heavy atom. The molecule has 1 unspecified atom stereocenters. The molecule has 0 saturated heterocycles. The first-order valence-electron chi connectivity index (χ1n) is 6.82. The summed E-state index contributed by atoms with van der Waals surface area (Å²) in [5, 5.41) is 2.90. The molecular weight excluding hydrogens is 295 g/mol. The Hall–Kier alpha value is -1.02. The monoisotopic (exact) mass is 318 g/mol. The fraction of sp³-hybridized carbons (Fsp3) is 0.571. The maximum absolute atomic E-state index is 13.5. The van der Waals surface area contributed by atoms with Crippen molar-refractivity contribution in [3.05, 3.63) is 29.6 Å². The quantitative estimate of drug-likeness (QED) is 0.791. The molecule has 0 saturated carbocycles. The van der Waals surface area contributed by atoms with Crippen LogP contribution in [-0.4, -0.2) is 46.1 Å². The summed E-state index contributed by atoms with van der Waals surface area (Å²) in [5.41, 5.74) is 0.543. The van der Waals surface area contributed by atoms with Gasteiger partial charge in [-0.05, 0) is 31.7 Å². The van der Waals surface area contributed by atoms with Crippen molar-refractivity contribution in [2.75, 3.05) is 27.3 Å². The van der Waals surface area contributed by atoms with Crippen LogP contribution in [0.25, 0.3) is 0 Å². The zero-order valence-electron chi connectivity index (χ0n) is 12.9. The van der Waals surface area contributed by atoms with Crippen LogP contribution in [0.3, 0.4) is 0 Å². The van der Waals surface area contributed by atoms with Crippen LogP contribution in [0, 0.1) is 5.82 Å². The van der Waals surface area contributed by atoms with Gasteiger partial charge in [0.1, 0.15) is 5.82 Å². The summed E-state index contributed by atoms with van der Waals surface area (Å²) in [6.45, 7) is 4.44. The van der Waals surface area contributed by atoms with E-state index in [1.54, 1.807) is 20.9 Å². The van der Waals surface area contributed by atoms with E-state index in [1.807, 2.05) is 0 Å². The average molecular weight is 318 g/mol. The van der Waals surface area contributed by atoms with Crippen molar-refractivity contribution in [2.24, 2.45) is 0 Å². The third kappa shape index (κ3) is 4.23. The highest BCUT2D eigenvalue weighted by molar-refractivity contribution is 7.89. The van der Waals surface area contributed by atoms with Crippen molar-refractivity contribution in [3.63, 3.8) is 0 Å². The van der Waals surface area contributed by atoms with Crippen LogP contribution >= 0.6 is 0 Å². The van der Waals surface area contributed by atoms with E-state index < -0.39 is 15.8 Å². The molecule has 5 nitrogen and oxygen atoms in total. The number of rotatable bonds is 8. The summed E-state index contributed by atoms with van der Waals surface area (Å²) in [6, 6.07) is 3.51. The molecule has 7 heteroatoms. The molecule has 1 aromatic carbocycles. The van der Waals surface area contributed by atoms with E-state index in [0.717, 1.165) is 6.07 Å². The summed E-state index contributed by atoms with van der Waals surface area (Å²) in [4.78, 5) is 0.00153. The second-order valence-corrected chi connectivity index (χ2v) is 6.65. The minimum Gasteiger partial charge on any atom is -0.383 e. The molecule has 0 fully saturated rings. The number of likely N-dealkylation sites (N-methyl/N-ethyl adjacent to an activating group) is 1. The number of hydrogen-bond donors (Lipinski definition) is 1. The second-order valence-electron chi connectivity index (χ2n) is 4.80. The van der Waals surface area contributed by atoms with E-state index in [1.165, 1.54) is 23.5 Å². The Bertz CT molecular complexity index is 563. The highest BCUT2D eigenvalue weighted by Gasteiger charge is 2.29. The fourth-order valence-corrected chi connectivity index (χ4v) is 4.13. The van der Waals surface area contributed by atoms with E-state index in [2.05, 4.69) is 5.32 Å². The van der Waals surface area contributed by atoms with E-state index in [4.69, 9.17) is 4.74 Å². The molecule has 0 aliphatic carbocycles. The van der Waals surface area contributed by atoms with Crippen LogP contribution < -0.4 is 5.32 Å². The van der Waals surface area contributed by atoms with Crippen molar-refractivity contribution in [1.82, 2.24) is 9.62 Å². The molecule has 120 valence electrons. The maximum atomic E-state index is 13.5. The van der Waals surface area contributed by atoms with Gasteiger partial charge in [0.2, 0.25) is 10.0 Å². The van der Waals surface area contributed by atoms with Crippen molar-refractivity contribution in [3.8, 4) is 0 Å².